The summed E-state index contributed by atoms with van der Waals surface area (Å²) in [5.74, 6) is -4.89. The first-order valence-electron chi connectivity index (χ1n) is 6.88. The van der Waals surface area contributed by atoms with Crippen molar-refractivity contribution >= 4 is 39.2 Å². The van der Waals surface area contributed by atoms with Crippen LogP contribution in [0, 0.1) is 5.82 Å². The minimum absolute atomic E-state index is 0.117. The molecule has 1 aliphatic rings. The minimum Gasteiger partial charge on any atom is -0.424 e. The van der Waals surface area contributed by atoms with Gasteiger partial charge in [-0.2, -0.15) is 13.2 Å². The zero-order valence-electron chi connectivity index (χ0n) is 12.5. The predicted molar refractivity (Wildman–Crippen MR) is 87.7 cm³/mol. The summed E-state index contributed by atoms with van der Waals surface area (Å²) in [4.78, 5) is 12.0. The van der Waals surface area contributed by atoms with Gasteiger partial charge in [0.25, 0.3) is 0 Å². The third kappa shape index (κ3) is 3.51. The van der Waals surface area contributed by atoms with Crippen molar-refractivity contribution in [1.82, 2.24) is 5.32 Å². The normalized spacial score (nSPS) is 18.5. The number of carbonyl (C=O) groups excluding carboxylic acids is 1. The van der Waals surface area contributed by atoms with E-state index >= 15 is 0 Å². The second-order valence-electron chi connectivity index (χ2n) is 5.11. The molecule has 0 spiro atoms. The van der Waals surface area contributed by atoms with E-state index in [-0.39, 0.29) is 22.2 Å². The number of fused-ring (bicyclic) bond motifs is 1. The molecule has 2 amide bonds. The zero-order chi connectivity index (χ0) is 19.1. The molecule has 2 N–H and O–H groups in total. The van der Waals surface area contributed by atoms with Gasteiger partial charge < -0.3 is 14.8 Å². The highest BCUT2D eigenvalue weighted by Crippen LogP contribution is 2.46. The van der Waals surface area contributed by atoms with E-state index in [1.165, 1.54) is 24.3 Å². The highest BCUT2D eigenvalue weighted by Gasteiger charge is 2.65. The maximum atomic E-state index is 13.7. The Labute approximate surface area is 157 Å². The van der Waals surface area contributed by atoms with Crippen LogP contribution in [0.1, 0.15) is 0 Å². The van der Waals surface area contributed by atoms with Crippen LogP contribution in [0.15, 0.2) is 40.9 Å². The molecule has 0 unspecified atom stereocenters. The number of ether oxygens (including phenoxy) is 2. The number of benzene rings is 2. The molecule has 11 heteroatoms. The molecule has 0 bridgehead atoms. The molecule has 0 radical (unpaired) electrons. The Morgan fingerprint density at radius 1 is 1.12 bits per heavy atom. The van der Waals surface area contributed by atoms with Crippen molar-refractivity contribution in [3.8, 4) is 11.5 Å². The lowest BCUT2D eigenvalue weighted by Crippen LogP contribution is -2.65. The van der Waals surface area contributed by atoms with Crippen LogP contribution in [0.25, 0.3) is 0 Å². The topological polar surface area (TPSA) is 59.6 Å². The van der Waals surface area contributed by atoms with Crippen LogP contribution in [0.3, 0.4) is 0 Å². The summed E-state index contributed by atoms with van der Waals surface area (Å²) >= 11 is 8.73. The average Bonchev–Trinajstić information content (AvgIpc) is 2.88. The van der Waals surface area contributed by atoms with Gasteiger partial charge in [0, 0.05) is 15.6 Å². The molecule has 0 saturated heterocycles. The van der Waals surface area contributed by atoms with Gasteiger partial charge in [0.05, 0.1) is 5.69 Å². The summed E-state index contributed by atoms with van der Waals surface area (Å²) in [6.45, 7) is 0. The number of anilines is 1. The number of carbonyl (C=O) groups is 1. The second-order valence-corrected chi connectivity index (χ2v) is 6.46. The molecule has 2 aromatic carbocycles. The number of alkyl halides is 3. The summed E-state index contributed by atoms with van der Waals surface area (Å²) < 4.78 is 64.2. The lowest BCUT2D eigenvalue weighted by molar-refractivity contribution is -0.317. The number of hydrogen-bond acceptors (Lipinski definition) is 3. The Hall–Kier alpha value is -2.20. The summed E-state index contributed by atoms with van der Waals surface area (Å²) in [6, 6.07) is 5.80. The number of hydrogen-bond donors (Lipinski definition) is 2. The quantitative estimate of drug-likeness (QED) is 0.623. The molecule has 26 heavy (non-hydrogen) atoms. The van der Waals surface area contributed by atoms with Crippen LogP contribution >= 0.6 is 27.5 Å². The Balaban J connectivity index is 1.83. The third-order valence-electron chi connectivity index (χ3n) is 3.24. The van der Waals surface area contributed by atoms with Crippen molar-refractivity contribution in [1.29, 1.82) is 0 Å². The van der Waals surface area contributed by atoms with Gasteiger partial charge in [0.2, 0.25) is 0 Å². The Bertz CT molecular complexity index is 880. The standard InChI is InChI=1S/C15H8BrClF4N2O3/c16-7-1-3-10(9(18)5-7)22-13(24)23-15(14(19,20)21)25-11-4-2-8(17)6-12(11)26-15/h1-6H,(H2,22,23,24)/t15-/m0/s1. The molecule has 5 nitrogen and oxygen atoms in total. The largest absolute Gasteiger partial charge is 0.492 e. The van der Waals surface area contributed by atoms with Gasteiger partial charge in [-0.05, 0) is 30.3 Å². The average molecular weight is 456 g/mol. The number of amides is 2. The Morgan fingerprint density at radius 3 is 2.46 bits per heavy atom. The van der Waals surface area contributed by atoms with Crippen molar-refractivity contribution in [3.63, 3.8) is 0 Å². The molecule has 0 aromatic heterocycles. The first-order chi connectivity index (χ1) is 12.1. The maximum Gasteiger partial charge on any atom is 0.492 e. The van der Waals surface area contributed by atoms with Crippen LogP contribution in [-0.2, 0) is 0 Å². The van der Waals surface area contributed by atoms with E-state index in [1.54, 1.807) is 5.32 Å². The first-order valence-corrected chi connectivity index (χ1v) is 8.05. The van der Waals surface area contributed by atoms with Crippen molar-refractivity contribution < 1.29 is 31.8 Å². The molecule has 1 heterocycles. The van der Waals surface area contributed by atoms with E-state index in [0.29, 0.717) is 4.47 Å². The molecule has 3 rings (SSSR count). The molecule has 0 fully saturated rings. The third-order valence-corrected chi connectivity index (χ3v) is 3.97. The molecule has 138 valence electrons. The van der Waals surface area contributed by atoms with Crippen molar-refractivity contribution in [3.05, 3.63) is 51.7 Å². The van der Waals surface area contributed by atoms with Crippen LogP contribution in [0.5, 0.6) is 11.5 Å². The molecule has 1 atom stereocenters. The summed E-state index contributed by atoms with van der Waals surface area (Å²) in [5.41, 5.74) is -0.332. The van der Waals surface area contributed by atoms with Crippen LogP contribution in [0.4, 0.5) is 28.0 Å². The van der Waals surface area contributed by atoms with Crippen molar-refractivity contribution in [2.45, 2.75) is 12.1 Å². The van der Waals surface area contributed by atoms with E-state index in [9.17, 15) is 22.4 Å². The van der Waals surface area contributed by atoms with Gasteiger partial charge in [-0.1, -0.05) is 27.5 Å². The van der Waals surface area contributed by atoms with E-state index in [0.717, 1.165) is 12.1 Å². The van der Waals surface area contributed by atoms with E-state index in [1.807, 2.05) is 5.32 Å². The lowest BCUT2D eigenvalue weighted by atomic mass is 10.3. The molecular formula is C15H8BrClF4N2O3. The second kappa shape index (κ2) is 6.51. The molecule has 2 aromatic rings. The maximum absolute atomic E-state index is 13.7. The van der Waals surface area contributed by atoms with Crippen LogP contribution in [0.2, 0.25) is 5.02 Å². The highest BCUT2D eigenvalue weighted by molar-refractivity contribution is 9.10. The number of rotatable bonds is 2. The van der Waals surface area contributed by atoms with Gasteiger partial charge >= 0.3 is 18.1 Å². The first kappa shape index (κ1) is 18.6. The van der Waals surface area contributed by atoms with Gasteiger partial charge in [-0.3, -0.25) is 5.32 Å². The van der Waals surface area contributed by atoms with Crippen LogP contribution in [-0.4, -0.2) is 18.1 Å². The SMILES string of the molecule is O=C(Nc1ccc(Br)cc1F)N[C@@]1(C(F)(F)F)Oc2ccc(Cl)cc2O1. The minimum atomic E-state index is -5.14. The van der Waals surface area contributed by atoms with E-state index in [4.69, 9.17) is 21.1 Å². The van der Waals surface area contributed by atoms with Crippen molar-refractivity contribution in [2.24, 2.45) is 0 Å². The predicted octanol–water partition coefficient (Wildman–Crippen LogP) is 5.05. The summed E-state index contributed by atoms with van der Waals surface area (Å²) in [7, 11) is 0. The summed E-state index contributed by atoms with van der Waals surface area (Å²) in [5, 5.41) is 3.63. The van der Waals surface area contributed by atoms with Gasteiger partial charge in [-0.25, -0.2) is 9.18 Å². The molecule has 0 saturated carbocycles. The van der Waals surface area contributed by atoms with Gasteiger partial charge in [0.15, 0.2) is 11.5 Å². The van der Waals surface area contributed by atoms with Gasteiger partial charge in [0.1, 0.15) is 5.82 Å². The fourth-order valence-corrected chi connectivity index (χ4v) is 2.60. The van der Waals surface area contributed by atoms with Crippen molar-refractivity contribution in [2.75, 3.05) is 5.32 Å². The fourth-order valence-electron chi connectivity index (χ4n) is 2.11. The van der Waals surface area contributed by atoms with E-state index in [2.05, 4.69) is 15.9 Å². The number of nitrogens with one attached hydrogen (secondary N) is 2. The molecular weight excluding hydrogens is 448 g/mol. The van der Waals surface area contributed by atoms with Crippen LogP contribution < -0.4 is 20.1 Å². The number of halogens is 6. The Morgan fingerprint density at radius 2 is 1.81 bits per heavy atom. The fraction of sp³-hybridized carbons (Fsp3) is 0.133. The summed E-state index contributed by atoms with van der Waals surface area (Å²) in [6.07, 6.45) is -5.14. The lowest BCUT2D eigenvalue weighted by Gasteiger charge is -2.29. The highest BCUT2D eigenvalue weighted by atomic mass is 79.9. The molecule has 1 aliphatic heterocycles. The van der Waals surface area contributed by atoms with E-state index < -0.39 is 23.9 Å². The zero-order valence-corrected chi connectivity index (χ0v) is 14.8. The molecule has 0 aliphatic carbocycles. The van der Waals surface area contributed by atoms with Gasteiger partial charge in [-0.15, -0.1) is 0 Å². The monoisotopic (exact) mass is 454 g/mol. The smallest absolute Gasteiger partial charge is 0.424 e. The number of urea groups is 1. The Kier molecular flexibility index (Phi) is 4.65.